The average molecular weight is 307 g/mol. The Kier molecular flexibility index (Phi) is 5.46. The minimum absolute atomic E-state index is 0.252. The zero-order valence-electron chi connectivity index (χ0n) is 13.6. The van der Waals surface area contributed by atoms with Crippen LogP contribution in [-0.2, 0) is 4.79 Å². The fourth-order valence-corrected chi connectivity index (χ4v) is 3.57. The van der Waals surface area contributed by atoms with E-state index >= 15 is 0 Å². The SMILES string of the molecule is O=C(NCCC(c1ccccc1)c1ccccc1)C1CCCC1. The van der Waals surface area contributed by atoms with Crippen molar-refractivity contribution in [3.8, 4) is 0 Å². The Labute approximate surface area is 138 Å². The Morgan fingerprint density at radius 1 is 0.913 bits per heavy atom. The molecule has 1 amide bonds. The van der Waals surface area contributed by atoms with Gasteiger partial charge in [0.25, 0.3) is 0 Å². The third-order valence-corrected chi connectivity index (χ3v) is 4.86. The summed E-state index contributed by atoms with van der Waals surface area (Å²) < 4.78 is 0. The maximum atomic E-state index is 12.2. The Bertz CT molecular complexity index is 563. The molecule has 0 aromatic heterocycles. The predicted molar refractivity (Wildman–Crippen MR) is 94.3 cm³/mol. The fraction of sp³-hybridized carbons (Fsp3) is 0.381. The molecule has 1 aliphatic rings. The van der Waals surface area contributed by atoms with E-state index in [2.05, 4.69) is 53.8 Å². The van der Waals surface area contributed by atoms with Gasteiger partial charge in [0.1, 0.15) is 0 Å². The van der Waals surface area contributed by atoms with Crippen LogP contribution in [0.25, 0.3) is 0 Å². The third kappa shape index (κ3) is 4.22. The molecular weight excluding hydrogens is 282 g/mol. The molecule has 2 aromatic carbocycles. The van der Waals surface area contributed by atoms with E-state index in [0.717, 1.165) is 25.8 Å². The van der Waals surface area contributed by atoms with E-state index in [0.29, 0.717) is 5.92 Å². The molecule has 2 aromatic rings. The Balaban J connectivity index is 1.64. The van der Waals surface area contributed by atoms with Crippen LogP contribution in [0.5, 0.6) is 0 Å². The first kappa shape index (κ1) is 15.8. The highest BCUT2D eigenvalue weighted by Crippen LogP contribution is 2.28. The van der Waals surface area contributed by atoms with E-state index in [1.807, 2.05) is 12.1 Å². The first-order chi connectivity index (χ1) is 11.3. The molecule has 0 bridgehead atoms. The molecule has 0 radical (unpaired) electrons. The minimum atomic E-state index is 0.252. The first-order valence-corrected chi connectivity index (χ1v) is 8.72. The predicted octanol–water partition coefficient (Wildman–Crippen LogP) is 4.52. The maximum absolute atomic E-state index is 12.2. The minimum Gasteiger partial charge on any atom is -0.356 e. The molecule has 120 valence electrons. The van der Waals surface area contributed by atoms with Crippen molar-refractivity contribution in [3.05, 3.63) is 71.8 Å². The summed E-state index contributed by atoms with van der Waals surface area (Å²) in [6, 6.07) is 21.1. The van der Waals surface area contributed by atoms with Crippen LogP contribution in [0.15, 0.2) is 60.7 Å². The van der Waals surface area contributed by atoms with E-state index in [4.69, 9.17) is 0 Å². The van der Waals surface area contributed by atoms with Gasteiger partial charge in [-0.2, -0.15) is 0 Å². The van der Waals surface area contributed by atoms with Gasteiger partial charge in [-0.25, -0.2) is 0 Å². The van der Waals surface area contributed by atoms with Crippen molar-refractivity contribution < 1.29 is 4.79 Å². The summed E-state index contributed by atoms with van der Waals surface area (Å²) in [5, 5.41) is 3.16. The van der Waals surface area contributed by atoms with E-state index in [1.54, 1.807) is 0 Å². The van der Waals surface area contributed by atoms with Crippen LogP contribution in [0.2, 0.25) is 0 Å². The molecule has 0 atom stereocenters. The summed E-state index contributed by atoms with van der Waals surface area (Å²) in [6.45, 7) is 0.740. The highest BCUT2D eigenvalue weighted by molar-refractivity contribution is 5.78. The highest BCUT2D eigenvalue weighted by atomic mass is 16.1. The largest absolute Gasteiger partial charge is 0.356 e. The van der Waals surface area contributed by atoms with Gasteiger partial charge in [0.05, 0.1) is 0 Å². The van der Waals surface area contributed by atoms with Gasteiger partial charge in [-0.15, -0.1) is 0 Å². The molecule has 2 nitrogen and oxygen atoms in total. The number of rotatable bonds is 6. The Hall–Kier alpha value is -2.09. The van der Waals surface area contributed by atoms with Crippen LogP contribution in [-0.4, -0.2) is 12.5 Å². The van der Waals surface area contributed by atoms with Crippen molar-refractivity contribution in [2.75, 3.05) is 6.54 Å². The molecule has 2 heteroatoms. The van der Waals surface area contributed by atoms with Crippen molar-refractivity contribution in [1.82, 2.24) is 5.32 Å². The second kappa shape index (κ2) is 7.96. The molecule has 1 saturated carbocycles. The van der Waals surface area contributed by atoms with Crippen LogP contribution < -0.4 is 5.32 Å². The van der Waals surface area contributed by atoms with Gasteiger partial charge in [0.15, 0.2) is 0 Å². The topological polar surface area (TPSA) is 29.1 Å². The van der Waals surface area contributed by atoms with E-state index in [9.17, 15) is 4.79 Å². The lowest BCUT2D eigenvalue weighted by Crippen LogP contribution is -2.30. The molecule has 23 heavy (non-hydrogen) atoms. The smallest absolute Gasteiger partial charge is 0.223 e. The molecule has 1 aliphatic carbocycles. The number of carbonyl (C=O) groups excluding carboxylic acids is 1. The molecule has 0 aliphatic heterocycles. The van der Waals surface area contributed by atoms with Gasteiger partial charge in [-0.1, -0.05) is 73.5 Å². The molecule has 0 saturated heterocycles. The summed E-state index contributed by atoms with van der Waals surface area (Å²) in [5.41, 5.74) is 2.63. The maximum Gasteiger partial charge on any atom is 0.223 e. The second-order valence-corrected chi connectivity index (χ2v) is 6.44. The number of hydrogen-bond donors (Lipinski definition) is 1. The highest BCUT2D eigenvalue weighted by Gasteiger charge is 2.22. The zero-order valence-corrected chi connectivity index (χ0v) is 13.6. The molecular formula is C21H25NO. The van der Waals surface area contributed by atoms with Crippen molar-refractivity contribution in [3.63, 3.8) is 0 Å². The average Bonchev–Trinajstić information content (AvgIpc) is 3.15. The monoisotopic (exact) mass is 307 g/mol. The summed E-state index contributed by atoms with van der Waals surface area (Å²) in [4.78, 5) is 12.2. The molecule has 0 heterocycles. The van der Waals surface area contributed by atoms with Crippen molar-refractivity contribution >= 4 is 5.91 Å². The molecule has 0 spiro atoms. The standard InChI is InChI=1S/C21H25NO/c23-21(19-13-7-8-14-19)22-16-15-20(17-9-3-1-4-10-17)18-11-5-2-6-12-18/h1-6,9-12,19-20H,7-8,13-16H2,(H,22,23). The molecule has 1 fully saturated rings. The first-order valence-electron chi connectivity index (χ1n) is 8.72. The summed E-state index contributed by atoms with van der Waals surface area (Å²) in [7, 11) is 0. The lowest BCUT2D eigenvalue weighted by Gasteiger charge is -2.19. The number of hydrogen-bond acceptors (Lipinski definition) is 1. The number of nitrogens with one attached hydrogen (secondary N) is 1. The Morgan fingerprint density at radius 2 is 1.43 bits per heavy atom. The zero-order chi connectivity index (χ0) is 15.9. The number of amides is 1. The fourth-order valence-electron chi connectivity index (χ4n) is 3.57. The molecule has 1 N–H and O–H groups in total. The summed E-state index contributed by atoms with van der Waals surface area (Å²) in [6.07, 6.45) is 5.47. The summed E-state index contributed by atoms with van der Waals surface area (Å²) >= 11 is 0. The number of carbonyl (C=O) groups is 1. The van der Waals surface area contributed by atoms with Crippen molar-refractivity contribution in [1.29, 1.82) is 0 Å². The van der Waals surface area contributed by atoms with E-state index in [1.165, 1.54) is 24.0 Å². The van der Waals surface area contributed by atoms with Crippen molar-refractivity contribution in [2.45, 2.75) is 38.0 Å². The normalized spacial score (nSPS) is 15.0. The second-order valence-electron chi connectivity index (χ2n) is 6.44. The quantitative estimate of drug-likeness (QED) is 0.835. The Morgan fingerprint density at radius 3 is 1.96 bits per heavy atom. The van der Waals surface area contributed by atoms with Crippen LogP contribution in [0.3, 0.4) is 0 Å². The van der Waals surface area contributed by atoms with Gasteiger partial charge >= 0.3 is 0 Å². The van der Waals surface area contributed by atoms with Gasteiger partial charge < -0.3 is 5.32 Å². The lowest BCUT2D eigenvalue weighted by atomic mass is 9.88. The summed E-state index contributed by atoms with van der Waals surface area (Å²) in [5.74, 6) is 0.838. The van der Waals surface area contributed by atoms with Crippen molar-refractivity contribution in [2.24, 2.45) is 5.92 Å². The van der Waals surface area contributed by atoms with Crippen LogP contribution >= 0.6 is 0 Å². The lowest BCUT2D eigenvalue weighted by molar-refractivity contribution is -0.124. The van der Waals surface area contributed by atoms with Gasteiger partial charge in [0.2, 0.25) is 5.91 Å². The van der Waals surface area contributed by atoms with Crippen LogP contribution in [0, 0.1) is 5.92 Å². The van der Waals surface area contributed by atoms with Crippen LogP contribution in [0.1, 0.15) is 49.1 Å². The van der Waals surface area contributed by atoms with E-state index in [-0.39, 0.29) is 11.8 Å². The molecule has 3 rings (SSSR count). The van der Waals surface area contributed by atoms with Crippen LogP contribution in [0.4, 0.5) is 0 Å². The molecule has 0 unspecified atom stereocenters. The van der Waals surface area contributed by atoms with Gasteiger partial charge in [0, 0.05) is 18.4 Å². The van der Waals surface area contributed by atoms with E-state index < -0.39 is 0 Å². The third-order valence-electron chi connectivity index (χ3n) is 4.86. The van der Waals surface area contributed by atoms with Gasteiger partial charge in [-0.05, 0) is 30.4 Å². The van der Waals surface area contributed by atoms with Gasteiger partial charge in [-0.3, -0.25) is 4.79 Å². The number of benzene rings is 2.